The highest BCUT2D eigenvalue weighted by Crippen LogP contribution is 2.20. The van der Waals surface area contributed by atoms with E-state index in [9.17, 15) is 0 Å². The van der Waals surface area contributed by atoms with Crippen LogP contribution in [0.2, 0.25) is 5.02 Å². The number of hydrogen-bond donors (Lipinski definition) is 2. The zero-order valence-electron chi connectivity index (χ0n) is 11.3. The van der Waals surface area contributed by atoms with Gasteiger partial charge in [0.1, 0.15) is 0 Å². The molecule has 1 fully saturated rings. The Morgan fingerprint density at radius 2 is 1.89 bits per heavy atom. The third-order valence-corrected chi connectivity index (χ3v) is 4.08. The summed E-state index contributed by atoms with van der Waals surface area (Å²) in [6, 6.07) is 6.32. The van der Waals surface area contributed by atoms with Gasteiger partial charge in [-0.3, -0.25) is 0 Å². The molecule has 0 bridgehead atoms. The molecular formula is C15H21ClN2S. The molecule has 0 saturated heterocycles. The van der Waals surface area contributed by atoms with Gasteiger partial charge in [-0.25, -0.2) is 0 Å². The molecule has 2 N–H and O–H groups in total. The first-order valence-corrected chi connectivity index (χ1v) is 7.77. The zero-order chi connectivity index (χ0) is 13.7. The quantitative estimate of drug-likeness (QED) is 0.613. The van der Waals surface area contributed by atoms with Crippen LogP contribution in [0.4, 0.5) is 5.69 Å². The molecule has 1 aliphatic rings. The summed E-state index contributed by atoms with van der Waals surface area (Å²) in [6.07, 6.45) is 7.77. The predicted octanol–water partition coefficient (Wildman–Crippen LogP) is 4.66. The topological polar surface area (TPSA) is 24.1 Å². The van der Waals surface area contributed by atoms with E-state index in [0.717, 1.165) is 21.4 Å². The lowest BCUT2D eigenvalue weighted by Gasteiger charge is -2.19. The van der Waals surface area contributed by atoms with Crippen LogP contribution in [0, 0.1) is 6.92 Å². The predicted molar refractivity (Wildman–Crippen MR) is 87.0 cm³/mol. The molecule has 2 nitrogen and oxygen atoms in total. The minimum Gasteiger partial charge on any atom is -0.360 e. The standard InChI is InChI=1S/C15H21ClN2S/c1-11-10-12(16)8-9-14(11)18-15(19)17-13-6-4-2-3-5-7-13/h8-10,13H,2-7H2,1H3,(H2,17,18,19). The molecule has 2 rings (SSSR count). The van der Waals surface area contributed by atoms with Crippen LogP contribution in [0.3, 0.4) is 0 Å². The van der Waals surface area contributed by atoms with Crippen molar-refractivity contribution in [2.45, 2.75) is 51.5 Å². The summed E-state index contributed by atoms with van der Waals surface area (Å²) in [5.41, 5.74) is 2.13. The molecule has 0 aliphatic heterocycles. The number of thiocarbonyl (C=S) groups is 1. The zero-order valence-corrected chi connectivity index (χ0v) is 12.9. The second kappa shape index (κ2) is 7.11. The van der Waals surface area contributed by atoms with Crippen molar-refractivity contribution in [1.82, 2.24) is 5.32 Å². The van der Waals surface area contributed by atoms with E-state index in [1.165, 1.54) is 38.5 Å². The van der Waals surface area contributed by atoms with Gasteiger partial charge >= 0.3 is 0 Å². The van der Waals surface area contributed by atoms with E-state index in [1.54, 1.807) is 0 Å². The molecule has 0 amide bonds. The molecule has 4 heteroatoms. The van der Waals surface area contributed by atoms with Crippen LogP contribution in [-0.4, -0.2) is 11.2 Å². The van der Waals surface area contributed by atoms with Crippen LogP contribution in [0.15, 0.2) is 18.2 Å². The average molecular weight is 297 g/mol. The second-order valence-corrected chi connectivity index (χ2v) is 6.09. The van der Waals surface area contributed by atoms with Gasteiger partial charge < -0.3 is 10.6 Å². The Kier molecular flexibility index (Phi) is 5.46. The third kappa shape index (κ3) is 4.66. The van der Waals surface area contributed by atoms with Crippen molar-refractivity contribution in [3.8, 4) is 0 Å². The van der Waals surface area contributed by atoms with E-state index in [2.05, 4.69) is 10.6 Å². The summed E-state index contributed by atoms with van der Waals surface area (Å²) in [5, 5.41) is 8.18. The Balaban J connectivity index is 1.89. The van der Waals surface area contributed by atoms with Crippen LogP contribution in [-0.2, 0) is 0 Å². The van der Waals surface area contributed by atoms with E-state index in [1.807, 2.05) is 25.1 Å². The van der Waals surface area contributed by atoms with Crippen LogP contribution in [0.25, 0.3) is 0 Å². The average Bonchev–Trinajstić information content (AvgIpc) is 2.61. The van der Waals surface area contributed by atoms with Crippen molar-refractivity contribution < 1.29 is 0 Å². The van der Waals surface area contributed by atoms with E-state index in [-0.39, 0.29) is 0 Å². The number of rotatable bonds is 2. The molecule has 0 radical (unpaired) electrons. The van der Waals surface area contributed by atoms with Crippen LogP contribution < -0.4 is 10.6 Å². The molecule has 0 unspecified atom stereocenters. The van der Waals surface area contributed by atoms with E-state index >= 15 is 0 Å². The molecule has 0 aromatic heterocycles. The summed E-state index contributed by atoms with van der Waals surface area (Å²) in [4.78, 5) is 0. The Hall–Kier alpha value is -0.800. The van der Waals surface area contributed by atoms with E-state index < -0.39 is 0 Å². The van der Waals surface area contributed by atoms with Gasteiger partial charge in [-0.1, -0.05) is 37.3 Å². The summed E-state index contributed by atoms with van der Waals surface area (Å²) in [6.45, 7) is 2.03. The number of hydrogen-bond acceptors (Lipinski definition) is 1. The fraction of sp³-hybridized carbons (Fsp3) is 0.533. The minimum absolute atomic E-state index is 0.523. The third-order valence-electron chi connectivity index (χ3n) is 3.63. The minimum atomic E-state index is 0.523. The largest absolute Gasteiger partial charge is 0.360 e. The smallest absolute Gasteiger partial charge is 0.171 e. The Morgan fingerprint density at radius 1 is 1.21 bits per heavy atom. The normalized spacial score (nSPS) is 16.7. The van der Waals surface area contributed by atoms with Gasteiger partial charge in [0, 0.05) is 16.8 Å². The maximum Gasteiger partial charge on any atom is 0.171 e. The monoisotopic (exact) mass is 296 g/mol. The first-order valence-electron chi connectivity index (χ1n) is 6.99. The van der Waals surface area contributed by atoms with Crippen molar-refractivity contribution in [3.63, 3.8) is 0 Å². The fourth-order valence-electron chi connectivity index (χ4n) is 2.53. The summed E-state index contributed by atoms with van der Waals surface area (Å²) in [7, 11) is 0. The van der Waals surface area contributed by atoms with Crippen molar-refractivity contribution >= 4 is 34.6 Å². The summed E-state index contributed by atoms with van der Waals surface area (Å²) < 4.78 is 0. The molecule has 1 aromatic rings. The highest BCUT2D eigenvalue weighted by Gasteiger charge is 2.13. The molecule has 1 aromatic carbocycles. The van der Waals surface area contributed by atoms with Gasteiger partial charge in [0.05, 0.1) is 0 Å². The molecule has 0 spiro atoms. The number of anilines is 1. The van der Waals surface area contributed by atoms with Gasteiger partial charge in [0.25, 0.3) is 0 Å². The van der Waals surface area contributed by atoms with Crippen LogP contribution >= 0.6 is 23.8 Å². The second-order valence-electron chi connectivity index (χ2n) is 5.25. The highest BCUT2D eigenvalue weighted by atomic mass is 35.5. The lowest BCUT2D eigenvalue weighted by atomic mass is 10.1. The summed E-state index contributed by atoms with van der Waals surface area (Å²) in [5.74, 6) is 0. The van der Waals surface area contributed by atoms with Crippen molar-refractivity contribution in [2.24, 2.45) is 0 Å². The van der Waals surface area contributed by atoms with Crippen LogP contribution in [0.5, 0.6) is 0 Å². The van der Waals surface area contributed by atoms with Gasteiger partial charge in [-0.05, 0) is 55.7 Å². The van der Waals surface area contributed by atoms with Gasteiger partial charge in [-0.15, -0.1) is 0 Å². The van der Waals surface area contributed by atoms with Gasteiger partial charge in [0.2, 0.25) is 0 Å². The molecule has 19 heavy (non-hydrogen) atoms. The van der Waals surface area contributed by atoms with Gasteiger partial charge in [0.15, 0.2) is 5.11 Å². The number of halogens is 1. The first kappa shape index (κ1) is 14.6. The number of nitrogens with one attached hydrogen (secondary N) is 2. The first-order chi connectivity index (χ1) is 9.15. The van der Waals surface area contributed by atoms with Crippen molar-refractivity contribution in [1.29, 1.82) is 0 Å². The molecule has 0 heterocycles. The molecule has 0 atom stereocenters. The fourth-order valence-corrected chi connectivity index (χ4v) is 3.04. The lowest BCUT2D eigenvalue weighted by molar-refractivity contribution is 0.535. The molecule has 1 saturated carbocycles. The molecular weight excluding hydrogens is 276 g/mol. The maximum absolute atomic E-state index is 5.95. The van der Waals surface area contributed by atoms with Gasteiger partial charge in [-0.2, -0.15) is 0 Å². The lowest BCUT2D eigenvalue weighted by Crippen LogP contribution is -2.37. The van der Waals surface area contributed by atoms with Crippen molar-refractivity contribution in [2.75, 3.05) is 5.32 Å². The summed E-state index contributed by atoms with van der Waals surface area (Å²) >= 11 is 11.3. The number of benzene rings is 1. The van der Waals surface area contributed by atoms with Crippen molar-refractivity contribution in [3.05, 3.63) is 28.8 Å². The highest BCUT2D eigenvalue weighted by molar-refractivity contribution is 7.80. The SMILES string of the molecule is Cc1cc(Cl)ccc1NC(=S)NC1CCCCCC1. The Bertz CT molecular complexity index is 440. The van der Waals surface area contributed by atoms with E-state index in [4.69, 9.17) is 23.8 Å². The van der Waals surface area contributed by atoms with E-state index in [0.29, 0.717) is 6.04 Å². The molecule has 1 aliphatic carbocycles. The number of aryl methyl sites for hydroxylation is 1. The Morgan fingerprint density at radius 3 is 2.53 bits per heavy atom. The maximum atomic E-state index is 5.95. The molecule has 104 valence electrons. The Labute approximate surface area is 125 Å². The van der Waals surface area contributed by atoms with Crippen LogP contribution in [0.1, 0.15) is 44.1 Å².